The summed E-state index contributed by atoms with van der Waals surface area (Å²) in [7, 11) is 1.66. The summed E-state index contributed by atoms with van der Waals surface area (Å²) in [6.07, 6.45) is 5.35. The minimum atomic E-state index is 0.115. The molecular formula is C16H22O2. The minimum Gasteiger partial charge on any atom is -0.497 e. The second-order valence-corrected chi connectivity index (χ2v) is 5.23. The number of benzene rings is 1. The molecule has 0 bridgehead atoms. The maximum atomic E-state index is 12.2. The predicted octanol–water partition coefficient (Wildman–Crippen LogP) is 3.95. The largest absolute Gasteiger partial charge is 0.497 e. The Morgan fingerprint density at radius 2 is 1.94 bits per heavy atom. The third-order valence-corrected chi connectivity index (χ3v) is 3.96. The van der Waals surface area contributed by atoms with Gasteiger partial charge in [-0.2, -0.15) is 0 Å². The average molecular weight is 246 g/mol. The zero-order valence-corrected chi connectivity index (χ0v) is 11.3. The molecule has 0 N–H and O–H groups in total. The van der Waals surface area contributed by atoms with Crippen LogP contribution in [0, 0.1) is 5.92 Å². The highest BCUT2D eigenvalue weighted by atomic mass is 16.5. The summed E-state index contributed by atoms with van der Waals surface area (Å²) in [6.45, 7) is 2.19. The summed E-state index contributed by atoms with van der Waals surface area (Å²) >= 11 is 0. The van der Waals surface area contributed by atoms with E-state index in [0.717, 1.165) is 24.2 Å². The molecule has 98 valence electrons. The highest BCUT2D eigenvalue weighted by Crippen LogP contribution is 2.35. The number of rotatable bonds is 4. The topological polar surface area (TPSA) is 26.3 Å². The summed E-state index contributed by atoms with van der Waals surface area (Å²) in [4.78, 5) is 12.2. The van der Waals surface area contributed by atoms with Crippen molar-refractivity contribution >= 4 is 5.78 Å². The van der Waals surface area contributed by atoms with Crippen LogP contribution in [-0.2, 0) is 4.79 Å². The van der Waals surface area contributed by atoms with E-state index in [9.17, 15) is 4.79 Å². The summed E-state index contributed by atoms with van der Waals surface area (Å²) < 4.78 is 5.15. The van der Waals surface area contributed by atoms with E-state index in [-0.39, 0.29) is 5.92 Å². The van der Waals surface area contributed by atoms with Crippen LogP contribution in [0.25, 0.3) is 0 Å². The van der Waals surface area contributed by atoms with Gasteiger partial charge in [0.05, 0.1) is 7.11 Å². The van der Waals surface area contributed by atoms with E-state index < -0.39 is 0 Å². The van der Waals surface area contributed by atoms with Crippen molar-refractivity contribution in [1.29, 1.82) is 0 Å². The molecule has 1 saturated carbocycles. The van der Waals surface area contributed by atoms with Gasteiger partial charge in [-0.15, -0.1) is 0 Å². The van der Waals surface area contributed by atoms with E-state index in [2.05, 4.69) is 6.92 Å². The van der Waals surface area contributed by atoms with Crippen molar-refractivity contribution in [2.24, 2.45) is 5.92 Å². The average Bonchev–Trinajstić information content (AvgIpc) is 2.40. The molecule has 1 aromatic rings. The Morgan fingerprint density at radius 1 is 1.22 bits per heavy atom. The Morgan fingerprint density at radius 3 is 2.50 bits per heavy atom. The molecule has 1 fully saturated rings. The Kier molecular flexibility index (Phi) is 4.40. The van der Waals surface area contributed by atoms with E-state index in [1.807, 2.05) is 24.3 Å². The Bertz CT molecular complexity index is 394. The van der Waals surface area contributed by atoms with Crippen molar-refractivity contribution in [2.45, 2.75) is 44.9 Å². The van der Waals surface area contributed by atoms with Crippen molar-refractivity contribution in [3.05, 3.63) is 29.8 Å². The van der Waals surface area contributed by atoms with Gasteiger partial charge in [0, 0.05) is 12.3 Å². The van der Waals surface area contributed by atoms with Crippen molar-refractivity contribution in [1.82, 2.24) is 0 Å². The molecule has 0 aromatic heterocycles. The predicted molar refractivity (Wildman–Crippen MR) is 73.0 cm³/mol. The van der Waals surface area contributed by atoms with Crippen LogP contribution in [0.3, 0.4) is 0 Å². The molecule has 0 spiro atoms. The first-order valence-electron chi connectivity index (χ1n) is 6.91. The van der Waals surface area contributed by atoms with Gasteiger partial charge >= 0.3 is 0 Å². The Balaban J connectivity index is 2.03. The molecule has 0 aliphatic heterocycles. The van der Waals surface area contributed by atoms with Crippen molar-refractivity contribution in [3.63, 3.8) is 0 Å². The standard InChI is InChI=1S/C16H22O2/c1-3-4-12-5-10-15(16(17)11-12)13-6-8-14(18-2)9-7-13/h6-9,12,15H,3-5,10-11H2,1-2H3/t12-,15+/m0/s1. The monoisotopic (exact) mass is 246 g/mol. The molecule has 0 heterocycles. The number of ether oxygens (including phenoxy) is 1. The zero-order valence-electron chi connectivity index (χ0n) is 11.3. The van der Waals surface area contributed by atoms with Gasteiger partial charge in [-0.05, 0) is 36.5 Å². The molecule has 2 heteroatoms. The first-order chi connectivity index (χ1) is 8.74. The highest BCUT2D eigenvalue weighted by Gasteiger charge is 2.28. The second-order valence-electron chi connectivity index (χ2n) is 5.23. The van der Waals surface area contributed by atoms with Crippen molar-refractivity contribution in [3.8, 4) is 5.75 Å². The minimum absolute atomic E-state index is 0.115. The molecule has 2 rings (SSSR count). The fourth-order valence-corrected chi connectivity index (χ4v) is 2.94. The molecule has 2 nitrogen and oxygen atoms in total. The number of Topliss-reactive ketones (excluding diaryl/α,β-unsaturated/α-hetero) is 1. The zero-order chi connectivity index (χ0) is 13.0. The number of hydrogen-bond acceptors (Lipinski definition) is 2. The van der Waals surface area contributed by atoms with E-state index in [1.165, 1.54) is 19.3 Å². The lowest BCUT2D eigenvalue weighted by atomic mass is 9.76. The van der Waals surface area contributed by atoms with Gasteiger partial charge in [0.2, 0.25) is 0 Å². The highest BCUT2D eigenvalue weighted by molar-refractivity contribution is 5.86. The van der Waals surface area contributed by atoms with Crippen LogP contribution in [0.1, 0.15) is 50.5 Å². The number of ketones is 1. The molecule has 1 aliphatic rings. The van der Waals surface area contributed by atoms with E-state index in [4.69, 9.17) is 4.74 Å². The number of carbonyl (C=O) groups is 1. The molecule has 2 atom stereocenters. The van der Waals surface area contributed by atoms with Crippen molar-refractivity contribution < 1.29 is 9.53 Å². The first-order valence-corrected chi connectivity index (χ1v) is 6.91. The van der Waals surface area contributed by atoms with Crippen LogP contribution in [0.4, 0.5) is 0 Å². The lowest BCUT2D eigenvalue weighted by molar-refractivity contribution is -0.123. The number of methoxy groups -OCH3 is 1. The maximum absolute atomic E-state index is 12.2. The van der Waals surface area contributed by atoms with Crippen LogP contribution in [0.2, 0.25) is 0 Å². The van der Waals surface area contributed by atoms with Gasteiger partial charge in [0.1, 0.15) is 11.5 Å². The van der Waals surface area contributed by atoms with Gasteiger partial charge in [-0.1, -0.05) is 31.9 Å². The van der Waals surface area contributed by atoms with Crippen molar-refractivity contribution in [2.75, 3.05) is 7.11 Å². The van der Waals surface area contributed by atoms with Gasteiger partial charge < -0.3 is 4.74 Å². The Hall–Kier alpha value is -1.31. The molecule has 0 radical (unpaired) electrons. The lowest BCUT2D eigenvalue weighted by Crippen LogP contribution is -2.23. The summed E-state index contributed by atoms with van der Waals surface area (Å²) in [6, 6.07) is 7.95. The second kappa shape index (κ2) is 6.03. The maximum Gasteiger partial charge on any atom is 0.140 e. The number of hydrogen-bond donors (Lipinski definition) is 0. The molecule has 0 amide bonds. The lowest BCUT2D eigenvalue weighted by Gasteiger charge is -2.27. The van der Waals surface area contributed by atoms with E-state index in [1.54, 1.807) is 7.11 Å². The Labute approximate surface area is 109 Å². The summed E-state index contributed by atoms with van der Waals surface area (Å²) in [5.74, 6) is 2.01. The molecule has 0 unspecified atom stereocenters. The summed E-state index contributed by atoms with van der Waals surface area (Å²) in [5, 5.41) is 0. The van der Waals surface area contributed by atoms with Gasteiger partial charge in [-0.25, -0.2) is 0 Å². The van der Waals surface area contributed by atoms with Crippen LogP contribution in [0.15, 0.2) is 24.3 Å². The normalized spacial score (nSPS) is 24.0. The van der Waals surface area contributed by atoms with E-state index >= 15 is 0 Å². The fraction of sp³-hybridized carbons (Fsp3) is 0.562. The SMILES string of the molecule is CCC[C@H]1CC[C@H](c2ccc(OC)cc2)C(=O)C1. The quantitative estimate of drug-likeness (QED) is 0.804. The van der Waals surface area contributed by atoms with Crippen LogP contribution >= 0.6 is 0 Å². The third-order valence-electron chi connectivity index (χ3n) is 3.96. The van der Waals surface area contributed by atoms with Crippen LogP contribution < -0.4 is 4.74 Å². The van der Waals surface area contributed by atoms with Gasteiger partial charge in [0.25, 0.3) is 0 Å². The third kappa shape index (κ3) is 2.92. The number of carbonyl (C=O) groups excluding carboxylic acids is 1. The smallest absolute Gasteiger partial charge is 0.140 e. The molecule has 0 saturated heterocycles. The molecular weight excluding hydrogens is 224 g/mol. The molecule has 1 aliphatic carbocycles. The summed E-state index contributed by atoms with van der Waals surface area (Å²) in [5.41, 5.74) is 1.15. The van der Waals surface area contributed by atoms with Gasteiger partial charge in [0.15, 0.2) is 0 Å². The van der Waals surface area contributed by atoms with E-state index in [0.29, 0.717) is 11.7 Å². The molecule has 1 aromatic carbocycles. The molecule has 18 heavy (non-hydrogen) atoms. The first kappa shape index (κ1) is 13.1. The fourth-order valence-electron chi connectivity index (χ4n) is 2.94. The van der Waals surface area contributed by atoms with Crippen LogP contribution in [0.5, 0.6) is 5.75 Å². The van der Waals surface area contributed by atoms with Crippen LogP contribution in [-0.4, -0.2) is 12.9 Å². The van der Waals surface area contributed by atoms with Gasteiger partial charge in [-0.3, -0.25) is 4.79 Å².